The first-order chi connectivity index (χ1) is 7.67. The number of rotatable bonds is 10. The molecule has 2 atom stereocenters. The van der Waals surface area contributed by atoms with Crippen LogP contribution in [-0.4, -0.2) is 25.3 Å². The Hall–Kier alpha value is -0.340. The van der Waals surface area contributed by atoms with Crippen molar-refractivity contribution in [1.82, 2.24) is 5.32 Å². The van der Waals surface area contributed by atoms with E-state index < -0.39 is 0 Å². The van der Waals surface area contributed by atoms with Crippen LogP contribution in [0.25, 0.3) is 0 Å². The number of allylic oxidation sites excluding steroid dienone is 1. The monoisotopic (exact) mass is 227 g/mol. The van der Waals surface area contributed by atoms with Gasteiger partial charge in [0.2, 0.25) is 0 Å². The van der Waals surface area contributed by atoms with Crippen LogP contribution in [0, 0.1) is 5.92 Å². The molecule has 0 aromatic rings. The zero-order valence-electron chi connectivity index (χ0n) is 11.5. The van der Waals surface area contributed by atoms with Gasteiger partial charge < -0.3 is 10.1 Å². The highest BCUT2D eigenvalue weighted by molar-refractivity contribution is 4.80. The minimum Gasteiger partial charge on any atom is -0.377 e. The lowest BCUT2D eigenvalue weighted by Gasteiger charge is -2.30. The molecule has 2 unspecified atom stereocenters. The van der Waals surface area contributed by atoms with E-state index >= 15 is 0 Å². The summed E-state index contributed by atoms with van der Waals surface area (Å²) in [6.45, 7) is 14.3. The van der Waals surface area contributed by atoms with E-state index in [4.69, 9.17) is 4.74 Å². The number of ether oxygens (including phenoxy) is 1. The molecule has 1 N–H and O–H groups in total. The molecule has 0 spiro atoms. The molecule has 0 bridgehead atoms. The number of hydrogen-bond donors (Lipinski definition) is 1. The second-order valence-electron chi connectivity index (χ2n) is 4.55. The van der Waals surface area contributed by atoms with E-state index in [-0.39, 0.29) is 0 Å². The summed E-state index contributed by atoms with van der Waals surface area (Å²) >= 11 is 0. The number of hydrogen-bond acceptors (Lipinski definition) is 2. The molecular formula is C14H29NO. The molecule has 0 fully saturated rings. The summed E-state index contributed by atoms with van der Waals surface area (Å²) in [4.78, 5) is 0. The molecule has 0 aliphatic heterocycles. The normalized spacial score (nSPS) is 15.1. The molecule has 0 heterocycles. The van der Waals surface area contributed by atoms with Gasteiger partial charge in [-0.3, -0.25) is 0 Å². The van der Waals surface area contributed by atoms with Crippen LogP contribution in [0.4, 0.5) is 0 Å². The standard InChI is InChI=1S/C14H29NO/c1-6-9-10-11-13(15-7-2)14(12(4)5)16-8-3/h6,12-15H,1,7-11H2,2-5H3. The highest BCUT2D eigenvalue weighted by Crippen LogP contribution is 2.16. The highest BCUT2D eigenvalue weighted by atomic mass is 16.5. The third kappa shape index (κ3) is 6.29. The summed E-state index contributed by atoms with van der Waals surface area (Å²) in [5.74, 6) is 0.563. The van der Waals surface area contributed by atoms with E-state index in [1.54, 1.807) is 0 Å². The predicted octanol–water partition coefficient (Wildman–Crippen LogP) is 3.38. The Morgan fingerprint density at radius 1 is 1.31 bits per heavy atom. The van der Waals surface area contributed by atoms with Gasteiger partial charge in [0, 0.05) is 12.6 Å². The fourth-order valence-corrected chi connectivity index (χ4v) is 2.09. The van der Waals surface area contributed by atoms with Crippen LogP contribution in [0.3, 0.4) is 0 Å². The van der Waals surface area contributed by atoms with Crippen LogP contribution in [0.1, 0.15) is 47.0 Å². The zero-order valence-corrected chi connectivity index (χ0v) is 11.5. The first-order valence-corrected chi connectivity index (χ1v) is 6.63. The second-order valence-corrected chi connectivity index (χ2v) is 4.55. The molecule has 16 heavy (non-hydrogen) atoms. The van der Waals surface area contributed by atoms with Crippen molar-refractivity contribution in [1.29, 1.82) is 0 Å². The number of unbranched alkanes of at least 4 members (excludes halogenated alkanes) is 1. The van der Waals surface area contributed by atoms with Gasteiger partial charge in [0.25, 0.3) is 0 Å². The lowest BCUT2D eigenvalue weighted by Crippen LogP contribution is -2.44. The molecule has 0 aliphatic carbocycles. The third-order valence-corrected chi connectivity index (χ3v) is 2.80. The summed E-state index contributed by atoms with van der Waals surface area (Å²) in [7, 11) is 0. The lowest BCUT2D eigenvalue weighted by molar-refractivity contribution is 0.00148. The Kier molecular flexibility index (Phi) is 9.65. The van der Waals surface area contributed by atoms with E-state index in [0.29, 0.717) is 18.1 Å². The smallest absolute Gasteiger partial charge is 0.0750 e. The minimum absolute atomic E-state index is 0.328. The lowest BCUT2D eigenvalue weighted by atomic mass is 9.95. The van der Waals surface area contributed by atoms with Gasteiger partial charge in [-0.25, -0.2) is 0 Å². The highest BCUT2D eigenvalue weighted by Gasteiger charge is 2.23. The van der Waals surface area contributed by atoms with Crippen LogP contribution >= 0.6 is 0 Å². The van der Waals surface area contributed by atoms with Gasteiger partial charge in [0.05, 0.1) is 6.10 Å². The summed E-state index contributed by atoms with van der Waals surface area (Å²) in [6, 6.07) is 0.477. The van der Waals surface area contributed by atoms with E-state index in [9.17, 15) is 0 Å². The summed E-state index contributed by atoms with van der Waals surface area (Å²) in [6.07, 6.45) is 5.78. The Balaban J connectivity index is 4.25. The number of likely N-dealkylation sites (N-methyl/N-ethyl adjacent to an activating group) is 1. The van der Waals surface area contributed by atoms with Gasteiger partial charge in [0.15, 0.2) is 0 Å². The zero-order chi connectivity index (χ0) is 12.4. The molecule has 0 saturated carbocycles. The molecule has 0 amide bonds. The molecule has 0 aliphatic rings. The van der Waals surface area contributed by atoms with E-state index in [2.05, 4.69) is 39.6 Å². The molecule has 0 radical (unpaired) electrons. The predicted molar refractivity (Wildman–Crippen MR) is 71.8 cm³/mol. The van der Waals surface area contributed by atoms with Crippen LogP contribution in [0.15, 0.2) is 12.7 Å². The molecule has 0 rings (SSSR count). The number of nitrogens with one attached hydrogen (secondary N) is 1. The van der Waals surface area contributed by atoms with Gasteiger partial charge in [-0.1, -0.05) is 26.8 Å². The van der Waals surface area contributed by atoms with Crippen molar-refractivity contribution in [2.24, 2.45) is 5.92 Å². The van der Waals surface area contributed by atoms with Crippen LogP contribution in [0.5, 0.6) is 0 Å². The summed E-state index contributed by atoms with van der Waals surface area (Å²) < 4.78 is 5.86. The van der Waals surface area contributed by atoms with Crippen molar-refractivity contribution in [3.8, 4) is 0 Å². The van der Waals surface area contributed by atoms with E-state index in [1.165, 1.54) is 12.8 Å². The maximum atomic E-state index is 5.86. The van der Waals surface area contributed by atoms with Gasteiger partial charge >= 0.3 is 0 Å². The quantitative estimate of drug-likeness (QED) is 0.456. The van der Waals surface area contributed by atoms with E-state index in [1.807, 2.05) is 6.08 Å². The van der Waals surface area contributed by atoms with Crippen molar-refractivity contribution in [3.05, 3.63) is 12.7 Å². The van der Waals surface area contributed by atoms with Crippen LogP contribution in [-0.2, 0) is 4.74 Å². The van der Waals surface area contributed by atoms with Gasteiger partial charge in [0.1, 0.15) is 0 Å². The Labute approximate surface area is 101 Å². The third-order valence-electron chi connectivity index (χ3n) is 2.80. The Morgan fingerprint density at radius 3 is 2.44 bits per heavy atom. The topological polar surface area (TPSA) is 21.3 Å². The molecule has 2 nitrogen and oxygen atoms in total. The maximum absolute atomic E-state index is 5.86. The maximum Gasteiger partial charge on any atom is 0.0750 e. The average Bonchev–Trinajstić information content (AvgIpc) is 2.25. The van der Waals surface area contributed by atoms with Crippen LogP contribution < -0.4 is 5.32 Å². The minimum atomic E-state index is 0.328. The fourth-order valence-electron chi connectivity index (χ4n) is 2.09. The van der Waals surface area contributed by atoms with Gasteiger partial charge in [-0.15, -0.1) is 6.58 Å². The SMILES string of the molecule is C=CCCCC(NCC)C(OCC)C(C)C. The molecule has 0 aromatic carbocycles. The van der Waals surface area contributed by atoms with E-state index in [0.717, 1.165) is 19.6 Å². The molecular weight excluding hydrogens is 198 g/mol. The largest absolute Gasteiger partial charge is 0.377 e. The average molecular weight is 227 g/mol. The van der Waals surface area contributed by atoms with Crippen molar-refractivity contribution in [2.75, 3.05) is 13.2 Å². The first-order valence-electron chi connectivity index (χ1n) is 6.63. The fraction of sp³-hybridized carbons (Fsp3) is 0.857. The molecule has 96 valence electrons. The summed E-state index contributed by atoms with van der Waals surface area (Å²) in [5.41, 5.74) is 0. The second kappa shape index (κ2) is 9.86. The molecule has 2 heteroatoms. The molecule has 0 saturated heterocycles. The van der Waals surface area contributed by atoms with Crippen molar-refractivity contribution >= 4 is 0 Å². The van der Waals surface area contributed by atoms with Crippen LogP contribution in [0.2, 0.25) is 0 Å². The Bertz CT molecular complexity index is 168. The summed E-state index contributed by atoms with van der Waals surface area (Å²) in [5, 5.41) is 3.55. The van der Waals surface area contributed by atoms with Gasteiger partial charge in [-0.05, 0) is 38.6 Å². The van der Waals surface area contributed by atoms with Gasteiger partial charge in [-0.2, -0.15) is 0 Å². The molecule has 0 aromatic heterocycles. The van der Waals surface area contributed by atoms with Crippen molar-refractivity contribution < 1.29 is 4.74 Å². The van der Waals surface area contributed by atoms with Crippen molar-refractivity contribution in [2.45, 2.75) is 59.1 Å². The Morgan fingerprint density at radius 2 is 2.00 bits per heavy atom. The first kappa shape index (κ1) is 15.7. The van der Waals surface area contributed by atoms with Crippen molar-refractivity contribution in [3.63, 3.8) is 0 Å².